The van der Waals surface area contributed by atoms with Crippen molar-refractivity contribution in [1.82, 2.24) is 14.5 Å². The maximum absolute atomic E-state index is 13.0. The molecule has 0 radical (unpaired) electrons. The van der Waals surface area contributed by atoms with E-state index in [1.54, 1.807) is 11.8 Å². The number of aryl methyl sites for hydroxylation is 1. The van der Waals surface area contributed by atoms with Crippen molar-refractivity contribution in [2.75, 3.05) is 32.7 Å². The summed E-state index contributed by atoms with van der Waals surface area (Å²) in [7, 11) is -3.91. The molecule has 1 aromatic rings. The first-order chi connectivity index (χ1) is 14.1. The number of amides is 2. The van der Waals surface area contributed by atoms with Gasteiger partial charge in [0.1, 0.15) is 0 Å². The molecule has 1 heterocycles. The minimum absolute atomic E-state index is 0.0775. The summed E-state index contributed by atoms with van der Waals surface area (Å²) >= 11 is 0. The van der Waals surface area contributed by atoms with Gasteiger partial charge in [-0.05, 0) is 39.2 Å². The van der Waals surface area contributed by atoms with Crippen molar-refractivity contribution < 1.29 is 22.9 Å². The first-order valence-electron chi connectivity index (χ1n) is 9.92. The molecule has 0 aliphatic carbocycles. The lowest BCUT2D eigenvalue weighted by atomic mass is 9.97. The number of nitrogens with zero attached hydrogens (tertiary/aromatic N) is 3. The maximum Gasteiger partial charge on any atom is 0.270 e. The lowest BCUT2D eigenvalue weighted by Gasteiger charge is -2.31. The van der Waals surface area contributed by atoms with E-state index in [4.69, 9.17) is 0 Å². The molecule has 10 nitrogen and oxygen atoms in total. The van der Waals surface area contributed by atoms with Gasteiger partial charge in [-0.25, -0.2) is 8.42 Å². The van der Waals surface area contributed by atoms with Gasteiger partial charge in [-0.1, -0.05) is 6.07 Å². The van der Waals surface area contributed by atoms with Crippen molar-refractivity contribution in [3.8, 4) is 0 Å². The molecule has 0 saturated carbocycles. The molecule has 1 fully saturated rings. The molecular weight excluding hydrogens is 412 g/mol. The predicted octanol–water partition coefficient (Wildman–Crippen LogP) is 1.29. The highest BCUT2D eigenvalue weighted by molar-refractivity contribution is 7.89. The van der Waals surface area contributed by atoms with E-state index >= 15 is 0 Å². The highest BCUT2D eigenvalue weighted by atomic mass is 32.2. The number of hydrogen-bond donors (Lipinski definition) is 1. The van der Waals surface area contributed by atoms with Gasteiger partial charge in [-0.3, -0.25) is 19.7 Å². The zero-order valence-electron chi connectivity index (χ0n) is 17.5. The van der Waals surface area contributed by atoms with Gasteiger partial charge < -0.3 is 10.2 Å². The molecule has 30 heavy (non-hydrogen) atoms. The molecule has 166 valence electrons. The molecule has 0 aromatic heterocycles. The Labute approximate surface area is 176 Å². The van der Waals surface area contributed by atoms with Gasteiger partial charge in [-0.15, -0.1) is 0 Å². The van der Waals surface area contributed by atoms with Crippen molar-refractivity contribution >= 4 is 27.5 Å². The number of nitrogens with one attached hydrogen (secondary N) is 1. The highest BCUT2D eigenvalue weighted by Crippen LogP contribution is 2.28. The summed E-state index contributed by atoms with van der Waals surface area (Å²) in [5, 5.41) is 13.6. The molecule has 1 aliphatic heterocycles. The summed E-state index contributed by atoms with van der Waals surface area (Å²) in [5.74, 6) is -0.805. The number of hydrogen-bond acceptors (Lipinski definition) is 6. The van der Waals surface area contributed by atoms with Crippen molar-refractivity contribution in [1.29, 1.82) is 0 Å². The largest absolute Gasteiger partial charge is 0.347 e. The summed E-state index contributed by atoms with van der Waals surface area (Å²) in [4.78, 5) is 36.3. The Morgan fingerprint density at radius 3 is 2.37 bits per heavy atom. The highest BCUT2D eigenvalue weighted by Gasteiger charge is 2.33. The van der Waals surface area contributed by atoms with Crippen LogP contribution in [0.15, 0.2) is 23.1 Å². The van der Waals surface area contributed by atoms with Crippen molar-refractivity contribution in [3.05, 3.63) is 33.9 Å². The van der Waals surface area contributed by atoms with Crippen molar-refractivity contribution in [2.45, 2.75) is 38.5 Å². The van der Waals surface area contributed by atoms with Crippen LogP contribution in [-0.4, -0.2) is 67.1 Å². The van der Waals surface area contributed by atoms with Crippen LogP contribution in [0.2, 0.25) is 0 Å². The van der Waals surface area contributed by atoms with Crippen molar-refractivity contribution in [2.24, 2.45) is 5.92 Å². The van der Waals surface area contributed by atoms with Crippen LogP contribution in [-0.2, 0) is 19.6 Å². The quantitative estimate of drug-likeness (QED) is 0.479. The smallest absolute Gasteiger partial charge is 0.270 e. The minimum Gasteiger partial charge on any atom is -0.347 e. The molecule has 1 N–H and O–H groups in total. The van der Waals surface area contributed by atoms with Crippen LogP contribution >= 0.6 is 0 Å². The number of sulfonamides is 1. The van der Waals surface area contributed by atoms with Crippen LogP contribution in [0.25, 0.3) is 0 Å². The van der Waals surface area contributed by atoms with Crippen LogP contribution in [0, 0.1) is 23.0 Å². The normalized spacial score (nSPS) is 15.6. The molecule has 1 saturated heterocycles. The van der Waals surface area contributed by atoms with Crippen LogP contribution in [0.5, 0.6) is 0 Å². The van der Waals surface area contributed by atoms with Gasteiger partial charge in [0.05, 0.1) is 16.4 Å². The van der Waals surface area contributed by atoms with E-state index in [0.717, 1.165) is 6.07 Å². The maximum atomic E-state index is 13.0. The van der Waals surface area contributed by atoms with Crippen LogP contribution in [0.1, 0.15) is 32.3 Å². The van der Waals surface area contributed by atoms with Gasteiger partial charge in [0.25, 0.3) is 5.69 Å². The molecule has 0 unspecified atom stereocenters. The summed E-state index contributed by atoms with van der Waals surface area (Å²) in [6.07, 6.45) is 0.636. The number of non-ortho nitro benzene ring substituents is 1. The third-order valence-electron chi connectivity index (χ3n) is 5.36. The number of rotatable bonds is 8. The van der Waals surface area contributed by atoms with E-state index in [-0.39, 0.29) is 47.9 Å². The van der Waals surface area contributed by atoms with Gasteiger partial charge >= 0.3 is 0 Å². The standard InChI is InChI=1S/C19H28N4O6S/c1-4-21(5-2)18(24)13-20-19(25)15-8-10-22(11-9-15)30(28,29)17-12-16(23(26)27)7-6-14(17)3/h6-7,12,15H,4-5,8-11,13H2,1-3H3,(H,20,25). The second-order valence-corrected chi connectivity index (χ2v) is 9.08. The zero-order valence-corrected chi connectivity index (χ0v) is 18.3. The number of carbonyl (C=O) groups excluding carboxylic acids is 2. The van der Waals surface area contributed by atoms with Crippen LogP contribution in [0.4, 0.5) is 5.69 Å². The van der Waals surface area contributed by atoms with Gasteiger partial charge in [0.15, 0.2) is 0 Å². The molecule has 0 spiro atoms. The molecule has 0 atom stereocenters. The fourth-order valence-corrected chi connectivity index (χ4v) is 5.19. The van der Waals surface area contributed by atoms with E-state index in [1.807, 2.05) is 13.8 Å². The lowest BCUT2D eigenvalue weighted by Crippen LogP contribution is -2.45. The Kier molecular flexibility index (Phi) is 7.90. The number of carbonyl (C=O) groups is 2. The monoisotopic (exact) mass is 440 g/mol. The molecule has 1 aromatic carbocycles. The third kappa shape index (κ3) is 5.33. The molecule has 1 aliphatic rings. The average molecular weight is 441 g/mol. The Balaban J connectivity index is 2.00. The number of likely N-dealkylation sites (N-methyl/N-ethyl adjacent to an activating group) is 1. The molecule has 0 bridgehead atoms. The third-order valence-corrected chi connectivity index (χ3v) is 7.40. The minimum atomic E-state index is -3.91. The Hall–Kier alpha value is -2.53. The second-order valence-electron chi connectivity index (χ2n) is 7.17. The SMILES string of the molecule is CCN(CC)C(=O)CNC(=O)C1CCN(S(=O)(=O)c2cc([N+](=O)[O-])ccc2C)CC1. The molecular formula is C19H28N4O6S. The van der Waals surface area contributed by atoms with E-state index < -0.39 is 14.9 Å². The summed E-state index contributed by atoms with van der Waals surface area (Å²) in [5.41, 5.74) is 0.140. The Morgan fingerprint density at radius 2 is 1.83 bits per heavy atom. The summed E-state index contributed by atoms with van der Waals surface area (Å²) in [6.45, 7) is 6.64. The molecule has 11 heteroatoms. The second kappa shape index (κ2) is 9.98. The fraction of sp³-hybridized carbons (Fsp3) is 0.579. The number of nitro benzene ring substituents is 1. The summed E-state index contributed by atoms with van der Waals surface area (Å²) in [6, 6.07) is 3.75. The van der Waals surface area contributed by atoms with Crippen LogP contribution in [0.3, 0.4) is 0 Å². The van der Waals surface area contributed by atoms with E-state index in [2.05, 4.69) is 5.32 Å². The molecule has 2 amide bonds. The van der Waals surface area contributed by atoms with Crippen LogP contribution < -0.4 is 5.32 Å². The summed E-state index contributed by atoms with van der Waals surface area (Å²) < 4.78 is 27.2. The first kappa shape index (κ1) is 23.7. The Morgan fingerprint density at radius 1 is 1.23 bits per heavy atom. The number of nitro groups is 1. The molecule has 2 rings (SSSR count). The lowest BCUT2D eigenvalue weighted by molar-refractivity contribution is -0.385. The average Bonchev–Trinajstić information content (AvgIpc) is 2.73. The number of benzene rings is 1. The van der Waals surface area contributed by atoms with E-state index in [9.17, 15) is 28.1 Å². The predicted molar refractivity (Wildman–Crippen MR) is 110 cm³/mol. The van der Waals surface area contributed by atoms with Gasteiger partial charge in [0, 0.05) is 44.2 Å². The fourth-order valence-electron chi connectivity index (χ4n) is 3.47. The first-order valence-corrected chi connectivity index (χ1v) is 11.4. The van der Waals surface area contributed by atoms with Crippen molar-refractivity contribution in [3.63, 3.8) is 0 Å². The topological polar surface area (TPSA) is 130 Å². The Bertz CT molecular complexity index is 906. The van der Waals surface area contributed by atoms with E-state index in [1.165, 1.54) is 16.4 Å². The zero-order chi connectivity index (χ0) is 22.5. The number of piperidine rings is 1. The van der Waals surface area contributed by atoms with E-state index in [0.29, 0.717) is 31.5 Å². The van der Waals surface area contributed by atoms with Gasteiger partial charge in [-0.2, -0.15) is 4.31 Å². The van der Waals surface area contributed by atoms with Gasteiger partial charge in [0.2, 0.25) is 21.8 Å².